The number of nitrogens with zero attached hydrogens (tertiary/aromatic N) is 1. The van der Waals surface area contributed by atoms with Gasteiger partial charge in [-0.1, -0.05) is 54.6 Å². The van der Waals surface area contributed by atoms with Gasteiger partial charge in [-0.2, -0.15) is 0 Å². The second-order valence-corrected chi connectivity index (χ2v) is 9.81. The van der Waals surface area contributed by atoms with E-state index in [4.69, 9.17) is 9.47 Å². The van der Waals surface area contributed by atoms with Crippen molar-refractivity contribution >= 4 is 26.6 Å². The van der Waals surface area contributed by atoms with Gasteiger partial charge in [-0.3, -0.25) is 4.79 Å². The number of aromatic nitrogens is 1. The lowest BCUT2D eigenvalue weighted by Crippen LogP contribution is -2.26. The predicted molar refractivity (Wildman–Crippen MR) is 124 cm³/mol. The van der Waals surface area contributed by atoms with Gasteiger partial charge in [0.1, 0.15) is 6.54 Å². The van der Waals surface area contributed by atoms with Crippen LogP contribution < -0.4 is 14.8 Å². The van der Waals surface area contributed by atoms with Crippen molar-refractivity contribution in [3.05, 3.63) is 90.1 Å². The van der Waals surface area contributed by atoms with Crippen LogP contribution in [0.4, 0.5) is 0 Å². The smallest absolute Gasteiger partial charge is 0.240 e. The molecule has 2 heterocycles. The average Bonchev–Trinajstić information content (AvgIpc) is 3.43. The maximum Gasteiger partial charge on any atom is 0.240 e. The van der Waals surface area contributed by atoms with Crippen LogP contribution in [0.5, 0.6) is 11.5 Å². The molecule has 1 N–H and O–H groups in total. The number of carbonyl (C=O) groups is 1. The molecule has 0 atom stereocenters. The van der Waals surface area contributed by atoms with E-state index in [1.54, 1.807) is 35.0 Å². The molecule has 4 aromatic rings. The molecule has 0 aliphatic carbocycles. The summed E-state index contributed by atoms with van der Waals surface area (Å²) in [5.74, 6) is 1.03. The Labute approximate surface area is 191 Å². The minimum Gasteiger partial charge on any atom is -0.454 e. The van der Waals surface area contributed by atoms with Crippen LogP contribution in [-0.4, -0.2) is 25.7 Å². The topological polar surface area (TPSA) is 86.6 Å². The first-order valence-electron chi connectivity index (χ1n) is 10.5. The van der Waals surface area contributed by atoms with Gasteiger partial charge in [0.25, 0.3) is 0 Å². The number of benzene rings is 3. The van der Waals surface area contributed by atoms with Gasteiger partial charge in [0.2, 0.25) is 12.7 Å². The normalized spacial score (nSPS) is 12.7. The Morgan fingerprint density at radius 3 is 2.52 bits per heavy atom. The van der Waals surface area contributed by atoms with Gasteiger partial charge in [-0.05, 0) is 29.3 Å². The fourth-order valence-corrected chi connectivity index (χ4v) is 5.51. The average molecular weight is 463 g/mol. The number of ether oxygens (including phenoxy) is 2. The molecule has 0 unspecified atom stereocenters. The Morgan fingerprint density at radius 2 is 1.67 bits per heavy atom. The molecule has 0 spiro atoms. The Kier molecular flexibility index (Phi) is 5.51. The Balaban J connectivity index is 1.35. The molecule has 1 aromatic heterocycles. The number of carbonyl (C=O) groups excluding carboxylic acids is 1. The zero-order valence-corrected chi connectivity index (χ0v) is 18.5. The molecule has 0 radical (unpaired) electrons. The van der Waals surface area contributed by atoms with Gasteiger partial charge in [0.15, 0.2) is 21.3 Å². The first kappa shape index (κ1) is 21.1. The Hall–Kier alpha value is -3.78. The van der Waals surface area contributed by atoms with Crippen molar-refractivity contribution in [2.24, 2.45) is 0 Å². The molecule has 7 nitrogen and oxygen atoms in total. The molecule has 0 bridgehead atoms. The van der Waals surface area contributed by atoms with Crippen molar-refractivity contribution in [1.29, 1.82) is 0 Å². The highest BCUT2D eigenvalue weighted by Crippen LogP contribution is 2.32. The molecular formula is C25H22N2O5S. The van der Waals surface area contributed by atoms with Crippen molar-refractivity contribution in [3.63, 3.8) is 0 Å². The monoisotopic (exact) mass is 462 g/mol. The molecular weight excluding hydrogens is 440 g/mol. The molecule has 5 rings (SSSR count). The van der Waals surface area contributed by atoms with E-state index >= 15 is 0 Å². The van der Waals surface area contributed by atoms with Crippen LogP contribution >= 0.6 is 0 Å². The number of sulfone groups is 1. The maximum atomic E-state index is 13.2. The van der Waals surface area contributed by atoms with Crippen LogP contribution in [-0.2, 0) is 33.5 Å². The highest BCUT2D eigenvalue weighted by atomic mass is 32.2. The quantitative estimate of drug-likeness (QED) is 0.453. The fourth-order valence-electron chi connectivity index (χ4n) is 3.93. The van der Waals surface area contributed by atoms with Gasteiger partial charge >= 0.3 is 0 Å². The van der Waals surface area contributed by atoms with Crippen LogP contribution in [0.15, 0.2) is 83.9 Å². The van der Waals surface area contributed by atoms with E-state index in [2.05, 4.69) is 5.32 Å². The van der Waals surface area contributed by atoms with E-state index in [0.29, 0.717) is 28.9 Å². The van der Waals surface area contributed by atoms with Crippen LogP contribution in [0.3, 0.4) is 0 Å². The Morgan fingerprint density at radius 1 is 0.909 bits per heavy atom. The lowest BCUT2D eigenvalue weighted by atomic mass is 10.2. The van der Waals surface area contributed by atoms with Crippen molar-refractivity contribution in [1.82, 2.24) is 9.88 Å². The summed E-state index contributed by atoms with van der Waals surface area (Å²) in [5.41, 5.74) is 2.30. The molecule has 0 fully saturated rings. The van der Waals surface area contributed by atoms with Crippen molar-refractivity contribution < 1.29 is 22.7 Å². The molecule has 8 heteroatoms. The van der Waals surface area contributed by atoms with Crippen LogP contribution in [0.1, 0.15) is 11.1 Å². The summed E-state index contributed by atoms with van der Waals surface area (Å²) in [6, 6.07) is 21.8. The van der Waals surface area contributed by atoms with E-state index < -0.39 is 9.84 Å². The van der Waals surface area contributed by atoms with Crippen LogP contribution in [0, 0.1) is 0 Å². The van der Waals surface area contributed by atoms with Crippen molar-refractivity contribution in [2.45, 2.75) is 23.7 Å². The molecule has 168 valence electrons. The number of hydrogen-bond donors (Lipinski definition) is 1. The van der Waals surface area contributed by atoms with E-state index in [0.717, 1.165) is 11.1 Å². The minimum atomic E-state index is -3.59. The fraction of sp³-hybridized carbons (Fsp3) is 0.160. The molecule has 33 heavy (non-hydrogen) atoms. The van der Waals surface area contributed by atoms with Crippen LogP contribution in [0.2, 0.25) is 0 Å². The van der Waals surface area contributed by atoms with Gasteiger partial charge in [-0.15, -0.1) is 0 Å². The van der Waals surface area contributed by atoms with Gasteiger partial charge in [0.05, 0.1) is 10.6 Å². The summed E-state index contributed by atoms with van der Waals surface area (Å²) in [6.07, 6.45) is 1.56. The van der Waals surface area contributed by atoms with Gasteiger partial charge in [-0.25, -0.2) is 8.42 Å². The third-order valence-corrected chi connectivity index (χ3v) is 7.24. The standard InChI is InChI=1S/C25H22N2O5S/c28-25(26-13-19-10-11-22-23(12-19)32-17-31-22)15-27-14-24(20-8-4-5-9-21(20)27)33(29,30)16-18-6-2-1-3-7-18/h1-12,14H,13,15-17H2,(H,26,28). The van der Waals surface area contributed by atoms with Crippen molar-refractivity contribution in [2.75, 3.05) is 6.79 Å². The number of rotatable bonds is 7. The zero-order chi connectivity index (χ0) is 22.8. The van der Waals surface area contributed by atoms with E-state index in [1.807, 2.05) is 48.5 Å². The SMILES string of the molecule is O=C(Cn1cc(S(=O)(=O)Cc2ccccc2)c2ccccc21)NCc1ccc2c(c1)OCO2. The molecule has 0 saturated carbocycles. The molecule has 0 saturated heterocycles. The maximum absolute atomic E-state index is 13.2. The van der Waals surface area contributed by atoms with E-state index in [1.165, 1.54) is 0 Å². The third-order valence-electron chi connectivity index (χ3n) is 5.53. The zero-order valence-electron chi connectivity index (χ0n) is 17.7. The lowest BCUT2D eigenvalue weighted by molar-refractivity contribution is -0.121. The number of hydrogen-bond acceptors (Lipinski definition) is 5. The highest BCUT2D eigenvalue weighted by Gasteiger charge is 2.22. The number of para-hydroxylation sites is 1. The van der Waals surface area contributed by atoms with Crippen LogP contribution in [0.25, 0.3) is 10.9 Å². The first-order valence-corrected chi connectivity index (χ1v) is 12.1. The predicted octanol–water partition coefficient (Wildman–Crippen LogP) is 3.66. The first-order chi connectivity index (χ1) is 16.0. The molecule has 1 amide bonds. The summed E-state index contributed by atoms with van der Waals surface area (Å²) >= 11 is 0. The van der Waals surface area contributed by atoms with Gasteiger partial charge in [0, 0.05) is 23.6 Å². The largest absolute Gasteiger partial charge is 0.454 e. The molecule has 1 aliphatic rings. The highest BCUT2D eigenvalue weighted by molar-refractivity contribution is 7.90. The van der Waals surface area contributed by atoms with Gasteiger partial charge < -0.3 is 19.4 Å². The number of amides is 1. The summed E-state index contributed by atoms with van der Waals surface area (Å²) in [7, 11) is -3.59. The summed E-state index contributed by atoms with van der Waals surface area (Å²) < 4.78 is 38.7. The van der Waals surface area contributed by atoms with E-state index in [9.17, 15) is 13.2 Å². The second kappa shape index (κ2) is 8.63. The summed E-state index contributed by atoms with van der Waals surface area (Å²) in [4.78, 5) is 12.9. The van der Waals surface area contributed by atoms with Crippen molar-refractivity contribution in [3.8, 4) is 11.5 Å². The molecule has 1 aliphatic heterocycles. The third kappa shape index (κ3) is 4.42. The number of fused-ring (bicyclic) bond motifs is 2. The minimum absolute atomic E-state index is 0.00588. The summed E-state index contributed by atoms with van der Waals surface area (Å²) in [5, 5.41) is 3.49. The Bertz CT molecular complexity index is 1430. The second-order valence-electron chi connectivity index (χ2n) is 7.85. The lowest BCUT2D eigenvalue weighted by Gasteiger charge is -2.08. The summed E-state index contributed by atoms with van der Waals surface area (Å²) in [6.45, 7) is 0.529. The van der Waals surface area contributed by atoms with E-state index in [-0.39, 0.29) is 29.9 Å². The molecule has 3 aromatic carbocycles. The number of nitrogens with one attached hydrogen (secondary N) is 1.